The second-order valence-electron chi connectivity index (χ2n) is 6.78. The summed E-state index contributed by atoms with van der Waals surface area (Å²) in [6.45, 7) is 8.11. The number of nitrogens with zero attached hydrogens (tertiary/aromatic N) is 1. The second kappa shape index (κ2) is 7.32. The minimum Gasteiger partial charge on any atom is -0.376 e. The molecule has 2 aromatic rings. The van der Waals surface area contributed by atoms with E-state index in [0.29, 0.717) is 13.2 Å². The average Bonchev–Trinajstić information content (AvgIpc) is 2.57. The highest BCUT2D eigenvalue weighted by Gasteiger charge is 2.25. The van der Waals surface area contributed by atoms with E-state index in [0.717, 1.165) is 12.1 Å². The highest BCUT2D eigenvalue weighted by atomic mass is 16.5. The van der Waals surface area contributed by atoms with Crippen molar-refractivity contribution in [1.29, 1.82) is 0 Å². The van der Waals surface area contributed by atoms with Crippen LogP contribution in [-0.4, -0.2) is 42.6 Å². The van der Waals surface area contributed by atoms with Crippen molar-refractivity contribution in [1.82, 2.24) is 10.2 Å². The van der Waals surface area contributed by atoms with Crippen LogP contribution in [0.1, 0.15) is 32.4 Å². The molecule has 2 aromatic carbocycles. The largest absolute Gasteiger partial charge is 0.376 e. The predicted octanol–water partition coefficient (Wildman–Crippen LogP) is 3.13. The highest BCUT2D eigenvalue weighted by molar-refractivity contribution is 5.87. The minimum absolute atomic E-state index is 0.0163. The maximum atomic E-state index is 12.5. The molecule has 24 heavy (non-hydrogen) atoms. The van der Waals surface area contributed by atoms with E-state index >= 15 is 0 Å². The molecule has 1 N–H and O–H groups in total. The first-order valence-electron chi connectivity index (χ1n) is 8.67. The molecule has 4 heteroatoms. The summed E-state index contributed by atoms with van der Waals surface area (Å²) in [6.07, 6.45) is 0.185. The Labute approximate surface area is 143 Å². The van der Waals surface area contributed by atoms with Crippen molar-refractivity contribution in [2.24, 2.45) is 0 Å². The molecule has 0 spiro atoms. The van der Waals surface area contributed by atoms with Crippen LogP contribution in [0.2, 0.25) is 0 Å². The topological polar surface area (TPSA) is 41.6 Å². The van der Waals surface area contributed by atoms with E-state index in [1.807, 2.05) is 25.1 Å². The van der Waals surface area contributed by atoms with Crippen LogP contribution in [0.15, 0.2) is 42.5 Å². The van der Waals surface area contributed by atoms with Crippen LogP contribution in [0.25, 0.3) is 10.8 Å². The molecule has 3 unspecified atom stereocenters. The number of hydrogen-bond acceptors (Lipinski definition) is 3. The van der Waals surface area contributed by atoms with Crippen molar-refractivity contribution in [3.63, 3.8) is 0 Å². The minimum atomic E-state index is -0.0163. The summed E-state index contributed by atoms with van der Waals surface area (Å²) in [7, 11) is 0. The summed E-state index contributed by atoms with van der Waals surface area (Å²) >= 11 is 0. The van der Waals surface area contributed by atoms with Gasteiger partial charge in [0.1, 0.15) is 0 Å². The summed E-state index contributed by atoms with van der Waals surface area (Å²) in [4.78, 5) is 14.7. The van der Waals surface area contributed by atoms with Crippen LogP contribution in [0, 0.1) is 0 Å². The molecule has 0 aliphatic carbocycles. The Balaban J connectivity index is 1.67. The second-order valence-corrected chi connectivity index (χ2v) is 6.78. The number of fused-ring (bicyclic) bond motifs is 1. The highest BCUT2D eigenvalue weighted by Crippen LogP contribution is 2.24. The normalized spacial score (nSPS) is 23.1. The zero-order valence-corrected chi connectivity index (χ0v) is 14.7. The molecule has 1 aliphatic heterocycles. The number of morpholine rings is 1. The maximum absolute atomic E-state index is 12.5. The zero-order chi connectivity index (χ0) is 17.1. The number of nitrogens with one attached hydrogen (secondary N) is 1. The van der Waals surface area contributed by atoms with E-state index in [1.54, 1.807) is 0 Å². The average molecular weight is 326 g/mol. The summed E-state index contributed by atoms with van der Waals surface area (Å²) in [5, 5.41) is 5.55. The molecule has 0 saturated carbocycles. The van der Waals surface area contributed by atoms with E-state index in [-0.39, 0.29) is 24.1 Å². The van der Waals surface area contributed by atoms with Crippen LogP contribution in [0.3, 0.4) is 0 Å². The van der Waals surface area contributed by atoms with Gasteiger partial charge in [-0.15, -0.1) is 0 Å². The molecule has 1 fully saturated rings. The molecule has 1 amide bonds. The van der Waals surface area contributed by atoms with Crippen LogP contribution >= 0.6 is 0 Å². The molecule has 128 valence electrons. The quantitative estimate of drug-likeness (QED) is 0.938. The predicted molar refractivity (Wildman–Crippen MR) is 97.0 cm³/mol. The van der Waals surface area contributed by atoms with E-state index in [1.165, 1.54) is 10.8 Å². The first-order chi connectivity index (χ1) is 11.5. The lowest BCUT2D eigenvalue weighted by atomic mass is 10.00. The molecule has 0 radical (unpaired) electrons. The third-order valence-corrected chi connectivity index (χ3v) is 4.75. The van der Waals surface area contributed by atoms with Gasteiger partial charge in [0.15, 0.2) is 0 Å². The van der Waals surface area contributed by atoms with Crippen molar-refractivity contribution in [3.8, 4) is 0 Å². The zero-order valence-electron chi connectivity index (χ0n) is 14.7. The van der Waals surface area contributed by atoms with E-state index in [2.05, 4.69) is 48.3 Å². The Morgan fingerprint density at radius 3 is 2.83 bits per heavy atom. The van der Waals surface area contributed by atoms with Crippen LogP contribution < -0.4 is 5.32 Å². The Morgan fingerprint density at radius 2 is 2.00 bits per heavy atom. The van der Waals surface area contributed by atoms with Gasteiger partial charge in [-0.25, -0.2) is 0 Å². The van der Waals surface area contributed by atoms with Gasteiger partial charge in [-0.05, 0) is 37.1 Å². The fourth-order valence-corrected chi connectivity index (χ4v) is 3.37. The van der Waals surface area contributed by atoms with Crippen molar-refractivity contribution in [2.75, 3.05) is 19.7 Å². The Bertz CT molecular complexity index is 710. The number of carbonyl (C=O) groups excluding carboxylic acids is 1. The number of carbonyl (C=O) groups is 1. The summed E-state index contributed by atoms with van der Waals surface area (Å²) < 4.78 is 5.63. The van der Waals surface area contributed by atoms with Crippen molar-refractivity contribution < 1.29 is 9.53 Å². The van der Waals surface area contributed by atoms with Crippen molar-refractivity contribution in [3.05, 3.63) is 48.0 Å². The lowest BCUT2D eigenvalue weighted by Gasteiger charge is -2.36. The smallest absolute Gasteiger partial charge is 0.234 e. The fraction of sp³-hybridized carbons (Fsp3) is 0.450. The third kappa shape index (κ3) is 3.77. The van der Waals surface area contributed by atoms with E-state index in [4.69, 9.17) is 4.74 Å². The first kappa shape index (κ1) is 16.9. The Kier molecular flexibility index (Phi) is 5.17. The molecular formula is C20H26N2O2. The maximum Gasteiger partial charge on any atom is 0.234 e. The van der Waals surface area contributed by atoms with Crippen molar-refractivity contribution >= 4 is 16.7 Å². The molecule has 1 aliphatic rings. The van der Waals surface area contributed by atoms with Gasteiger partial charge in [-0.3, -0.25) is 9.69 Å². The van der Waals surface area contributed by atoms with E-state index < -0.39 is 0 Å². The number of hydrogen-bond donors (Lipinski definition) is 1. The molecular weight excluding hydrogens is 300 g/mol. The number of rotatable bonds is 4. The summed E-state index contributed by atoms with van der Waals surface area (Å²) in [5.41, 5.74) is 1.16. The lowest BCUT2D eigenvalue weighted by molar-refractivity contribution is -0.126. The Morgan fingerprint density at radius 1 is 1.25 bits per heavy atom. The summed E-state index contributed by atoms with van der Waals surface area (Å²) in [6, 6.07) is 14.8. The van der Waals surface area contributed by atoms with Crippen molar-refractivity contribution in [2.45, 2.75) is 39.0 Å². The van der Waals surface area contributed by atoms with Gasteiger partial charge in [0.05, 0.1) is 25.3 Å². The molecule has 1 heterocycles. The van der Waals surface area contributed by atoms with Crippen LogP contribution in [0.4, 0.5) is 0 Å². The number of ether oxygens (including phenoxy) is 1. The number of amides is 1. The van der Waals surface area contributed by atoms with Gasteiger partial charge in [0.25, 0.3) is 0 Å². The number of benzene rings is 2. The fourth-order valence-electron chi connectivity index (χ4n) is 3.37. The monoisotopic (exact) mass is 326 g/mol. The van der Waals surface area contributed by atoms with Crippen LogP contribution in [-0.2, 0) is 9.53 Å². The first-order valence-corrected chi connectivity index (χ1v) is 8.67. The van der Waals surface area contributed by atoms with Gasteiger partial charge in [-0.2, -0.15) is 0 Å². The molecule has 0 bridgehead atoms. The standard InChI is InChI=1S/C20H26N2O2/c1-14-13-24-15(2)11-22(14)12-20(23)21-16(3)18-10-6-8-17-7-4-5-9-19(17)18/h4-10,14-16H,11-13H2,1-3H3,(H,21,23). The third-order valence-electron chi connectivity index (χ3n) is 4.75. The molecule has 3 rings (SSSR count). The molecule has 1 saturated heterocycles. The molecule has 0 aromatic heterocycles. The summed E-state index contributed by atoms with van der Waals surface area (Å²) in [5.74, 6) is 0.0661. The molecule has 3 atom stereocenters. The van der Waals surface area contributed by atoms with Gasteiger partial charge in [0, 0.05) is 12.6 Å². The van der Waals surface area contributed by atoms with Gasteiger partial charge < -0.3 is 10.1 Å². The van der Waals surface area contributed by atoms with E-state index in [9.17, 15) is 4.79 Å². The SMILES string of the molecule is CC1CN(CC(=O)NC(C)c2cccc3ccccc23)C(C)CO1. The van der Waals surface area contributed by atoms with Gasteiger partial charge in [-0.1, -0.05) is 42.5 Å². The van der Waals surface area contributed by atoms with Crippen LogP contribution in [0.5, 0.6) is 0 Å². The Hall–Kier alpha value is -1.91. The van der Waals surface area contributed by atoms with Gasteiger partial charge >= 0.3 is 0 Å². The lowest BCUT2D eigenvalue weighted by Crippen LogP contribution is -2.51. The van der Waals surface area contributed by atoms with Gasteiger partial charge in [0.2, 0.25) is 5.91 Å². The molecule has 4 nitrogen and oxygen atoms in total.